The third-order valence-corrected chi connectivity index (χ3v) is 36.1. The summed E-state index contributed by atoms with van der Waals surface area (Å²) in [6.45, 7) is 34.5. The highest BCUT2D eigenvalue weighted by atomic mass is 32.2. The first-order chi connectivity index (χ1) is 67.8. The number of aliphatic hydroxyl groups is 5. The molecule has 4 unspecified atom stereocenters. The van der Waals surface area contributed by atoms with Crippen molar-refractivity contribution in [1.82, 2.24) is 15.1 Å². The normalized spacial score (nSPS) is 19.5. The predicted molar refractivity (Wildman–Crippen MR) is 562 cm³/mol. The van der Waals surface area contributed by atoms with E-state index in [1.807, 2.05) is 183 Å². The van der Waals surface area contributed by atoms with Crippen LogP contribution in [0.3, 0.4) is 0 Å². The fourth-order valence-corrected chi connectivity index (χ4v) is 27.5. The third-order valence-electron chi connectivity index (χ3n) is 29.0. The molecule has 28 nitrogen and oxygen atoms in total. The van der Waals surface area contributed by atoms with Crippen LogP contribution in [0.15, 0.2) is 202 Å². The molecule has 142 heavy (non-hydrogen) atoms. The number of H-pyrrole nitrogens is 1. The maximum Gasteiger partial charge on any atom is 0.308 e. The van der Waals surface area contributed by atoms with Gasteiger partial charge in [-0.25, -0.2) is 33.7 Å². The molecule has 7 heterocycles. The molecule has 2 saturated carbocycles. The van der Waals surface area contributed by atoms with Crippen molar-refractivity contribution >= 4 is 97.5 Å². The number of likely N-dealkylation sites (tertiary alicyclic amines) is 1. The number of carbonyl (C=O) groups is 2. The molecule has 4 fully saturated rings. The highest BCUT2D eigenvalue weighted by Crippen LogP contribution is 2.52. The lowest BCUT2D eigenvalue weighted by molar-refractivity contribution is -0.177. The summed E-state index contributed by atoms with van der Waals surface area (Å²) in [6.07, 6.45) is 12.4. The van der Waals surface area contributed by atoms with E-state index < -0.39 is 71.1 Å². The number of amides is 1. The van der Waals surface area contributed by atoms with E-state index >= 15 is 0 Å². The number of aromatic nitrogens is 2. The number of hydrogen-bond donors (Lipinski definition) is 6. The summed E-state index contributed by atoms with van der Waals surface area (Å²) in [5, 5.41) is 59.1. The SMILES string of the molecule is CCc1ccc(N(CC(C)C)S(=O)(=O)c2ccc3c(c2)C(O)CCN3CC2CC(C(=O)OC)C2)cc1.CCc1ccc(N(CC(C)C)S(=O)(=O)c2ccc3c(c2)C(O)CCN3CC2CC3(COC3)C2)cc1.CCc1ccc(N(CC(C)C)S(=O)(=O)c2ccc3c(c2)C(O)CCN3CC2CCN(C(=O)CO)CC2)cc1.CCc1ccc(N(CC(C)C)S(=O)(=O)c2ccc3c(c2)C(O)CCN3Cc2cn[nH]c2)cc1. The Hall–Kier alpha value is -10.1. The number of methoxy groups -OCH3 is 1. The molecule has 6 aliphatic heterocycles. The van der Waals surface area contributed by atoms with Gasteiger partial charge in [0.2, 0.25) is 5.91 Å². The van der Waals surface area contributed by atoms with Crippen molar-refractivity contribution in [2.75, 3.05) is 149 Å². The minimum Gasteiger partial charge on any atom is -0.469 e. The molecule has 1 amide bonds. The number of piperidine rings is 1. The zero-order valence-corrected chi connectivity index (χ0v) is 88.2. The van der Waals surface area contributed by atoms with Crippen molar-refractivity contribution in [3.63, 3.8) is 0 Å². The van der Waals surface area contributed by atoms with Gasteiger partial charge in [0.1, 0.15) is 6.61 Å². The second-order valence-corrected chi connectivity index (χ2v) is 49.0. The number of nitrogens with one attached hydrogen (secondary N) is 1. The van der Waals surface area contributed by atoms with Gasteiger partial charge in [0.05, 0.1) is 99.2 Å². The molecule has 6 N–H and O–H groups in total. The second-order valence-electron chi connectivity index (χ2n) is 41.6. The largest absolute Gasteiger partial charge is 0.469 e. The van der Waals surface area contributed by atoms with Gasteiger partial charge in [0, 0.05) is 154 Å². The average molecular weight is 2030 g/mol. The van der Waals surface area contributed by atoms with Gasteiger partial charge >= 0.3 is 5.97 Å². The van der Waals surface area contributed by atoms with Crippen LogP contribution in [0.1, 0.15) is 222 Å². The molecule has 8 aromatic carbocycles. The first kappa shape index (κ1) is 108. The molecule has 770 valence electrons. The van der Waals surface area contributed by atoms with Crippen molar-refractivity contribution in [2.24, 2.45) is 52.8 Å². The zero-order valence-electron chi connectivity index (χ0n) is 84.9. The summed E-state index contributed by atoms with van der Waals surface area (Å²) in [7, 11) is -13.8. The van der Waals surface area contributed by atoms with Crippen molar-refractivity contribution in [3.05, 3.63) is 232 Å². The van der Waals surface area contributed by atoms with Crippen LogP contribution in [-0.4, -0.2) is 198 Å². The van der Waals surface area contributed by atoms with Gasteiger partial charge in [-0.15, -0.1) is 0 Å². The monoisotopic (exact) mass is 2020 g/mol. The van der Waals surface area contributed by atoms with E-state index in [2.05, 4.69) is 57.5 Å². The van der Waals surface area contributed by atoms with Crippen LogP contribution in [-0.2, 0) is 91.4 Å². The van der Waals surface area contributed by atoms with E-state index in [4.69, 9.17) is 14.6 Å². The summed E-state index contributed by atoms with van der Waals surface area (Å²) in [5.41, 5.74) is 15.0. The van der Waals surface area contributed by atoms with Crippen LogP contribution < -0.4 is 36.8 Å². The molecule has 0 radical (unpaired) electrons. The Morgan fingerprint density at radius 3 is 0.993 bits per heavy atom. The van der Waals surface area contributed by atoms with Crippen LogP contribution in [0.2, 0.25) is 0 Å². The maximum atomic E-state index is 13.9. The molecule has 1 spiro atoms. The summed E-state index contributed by atoms with van der Waals surface area (Å²) in [6, 6.07) is 51.5. The van der Waals surface area contributed by atoms with Crippen molar-refractivity contribution in [2.45, 2.75) is 224 Å². The van der Waals surface area contributed by atoms with Gasteiger partial charge < -0.3 is 59.5 Å². The number of hydrogen-bond acceptors (Lipinski definition) is 22. The molecule has 4 atom stereocenters. The number of benzene rings is 8. The molecule has 2 saturated heterocycles. The van der Waals surface area contributed by atoms with E-state index in [0.717, 1.165) is 141 Å². The average Bonchev–Trinajstić information content (AvgIpc) is 0.917. The summed E-state index contributed by atoms with van der Waals surface area (Å²) < 4.78 is 127. The highest BCUT2D eigenvalue weighted by Gasteiger charge is 2.51. The summed E-state index contributed by atoms with van der Waals surface area (Å²) in [4.78, 5) is 35.0. The summed E-state index contributed by atoms with van der Waals surface area (Å²) in [5.74, 6) is 1.60. The number of sulfonamides is 4. The smallest absolute Gasteiger partial charge is 0.308 e. The Morgan fingerprint density at radius 2 is 0.718 bits per heavy atom. The minimum atomic E-state index is -3.84. The van der Waals surface area contributed by atoms with E-state index in [9.17, 15) is 63.7 Å². The van der Waals surface area contributed by atoms with E-state index in [1.54, 1.807) is 59.6 Å². The molecule has 9 aromatic rings. The Kier molecular flexibility index (Phi) is 35.6. The number of nitrogens with zero attached hydrogens (tertiary/aromatic N) is 10. The van der Waals surface area contributed by atoms with Crippen molar-refractivity contribution in [1.29, 1.82) is 0 Å². The Balaban J connectivity index is 0.000000151. The zero-order chi connectivity index (χ0) is 102. The Labute approximate surface area is 842 Å². The topological polar surface area (TPSA) is 348 Å². The first-order valence-electron chi connectivity index (χ1n) is 51.0. The summed E-state index contributed by atoms with van der Waals surface area (Å²) >= 11 is 0. The second kappa shape index (κ2) is 46.9. The van der Waals surface area contributed by atoms with Crippen molar-refractivity contribution in [3.8, 4) is 0 Å². The number of aryl methyl sites for hydroxylation is 4. The molecule has 17 rings (SSSR count). The Bertz CT molecular complexity index is 6210. The van der Waals surface area contributed by atoms with Crippen LogP contribution >= 0.6 is 0 Å². The number of rotatable bonds is 34. The lowest BCUT2D eigenvalue weighted by Gasteiger charge is -2.54. The lowest BCUT2D eigenvalue weighted by Crippen LogP contribution is -2.54. The first-order valence-corrected chi connectivity index (χ1v) is 56.8. The number of aliphatic hydroxyl groups excluding tert-OH is 5. The fourth-order valence-electron chi connectivity index (χ4n) is 20.9. The lowest BCUT2D eigenvalue weighted by atomic mass is 9.60. The van der Waals surface area contributed by atoms with Gasteiger partial charge in [0.25, 0.3) is 40.1 Å². The van der Waals surface area contributed by atoms with Crippen LogP contribution in [0.25, 0.3) is 0 Å². The van der Waals surface area contributed by atoms with Gasteiger partial charge in [-0.05, 0) is 275 Å². The maximum absolute atomic E-state index is 13.9. The fraction of sp³-hybridized carbons (Fsp3) is 0.518. The van der Waals surface area contributed by atoms with Crippen LogP contribution in [0, 0.1) is 52.8 Å². The third kappa shape index (κ3) is 25.1. The highest BCUT2D eigenvalue weighted by molar-refractivity contribution is 7.93. The number of ether oxygens (including phenoxy) is 2. The van der Waals surface area contributed by atoms with Gasteiger partial charge in [-0.2, -0.15) is 5.10 Å². The standard InChI is InChI=1S/C29H41N3O5S.C28H38N2O5S.C28H38N2O4S.C25H32N4O3S/c1-4-22-5-7-24(8-6-22)32(18-21(2)3)38(36,37)25-9-10-27-26(17-25)28(34)13-16-31(27)19-23-11-14-30(15-12-23)29(35)20-33;1-5-20-6-8-23(9-7-20)30(17-19(2)3)36(33,34)24-10-11-26-25(16-24)27(31)12-13-29(26)18-21-14-22(15-21)28(32)35-4;1-4-21-5-7-23(8-6-21)30(16-20(2)3)35(32,33)24-9-10-26-25(13-24)27(31)11-12-29(26)17-22-14-28(15-22)18-34-19-28;1-4-19-5-7-21(8-6-19)29(16-18(2)3)33(31,32)22-9-10-24-23(13-22)25(30)11-12-28(24)17-20-14-26-27-15-20/h5-10,17,21,23,28,33-34H,4,11-16,18-20H2,1-3H3;6-11,16,19,21-22,27,31H,5,12-15,17-18H2,1-4H3;5-10,13,20,22,27,31H,4,11-12,14-19H2,1-3H3;5-10,13-15,18,25,30H,4,11-12,16-17H2,1-3H3,(H,26,27). The van der Waals surface area contributed by atoms with Gasteiger partial charge in [0.15, 0.2) is 0 Å². The number of fused-ring (bicyclic) bond motifs is 4. The van der Waals surface area contributed by atoms with Crippen molar-refractivity contribution < 1.29 is 78.3 Å². The molecule has 0 bridgehead atoms. The van der Waals surface area contributed by atoms with Crippen LogP contribution in [0.4, 0.5) is 45.5 Å². The molecular weight excluding hydrogens is 1880 g/mol. The number of anilines is 8. The molecule has 2 aliphatic carbocycles. The molecule has 32 heteroatoms. The van der Waals surface area contributed by atoms with Gasteiger partial charge in [-0.3, -0.25) is 31.9 Å². The van der Waals surface area contributed by atoms with E-state index in [-0.39, 0.29) is 61.0 Å². The number of esters is 1. The number of carbonyl (C=O) groups excluding carboxylic acids is 2. The molecular formula is C110H149N11O17S4. The van der Waals surface area contributed by atoms with Crippen LogP contribution in [0.5, 0.6) is 0 Å². The quantitative estimate of drug-likeness (QED) is 0.0204. The van der Waals surface area contributed by atoms with E-state index in [0.29, 0.717) is 154 Å². The number of aromatic amines is 1. The Morgan fingerprint density at radius 1 is 0.415 bits per heavy atom. The predicted octanol–water partition coefficient (Wildman–Crippen LogP) is 17.2. The molecule has 1 aromatic heterocycles. The van der Waals surface area contributed by atoms with Gasteiger partial charge in [-0.1, -0.05) is 132 Å². The molecule has 8 aliphatic rings. The van der Waals surface area contributed by atoms with E-state index in [1.165, 1.54) is 42.7 Å². The minimum absolute atomic E-state index is 0.0271.